The SMILES string of the molecule is CC(C)Oc1ccccc1CNc1ccc(OCCO)nc1. The molecule has 1 aromatic carbocycles. The van der Waals surface area contributed by atoms with E-state index in [1.54, 1.807) is 12.3 Å². The summed E-state index contributed by atoms with van der Waals surface area (Å²) < 4.78 is 11.0. The Balaban J connectivity index is 1.95. The van der Waals surface area contributed by atoms with E-state index >= 15 is 0 Å². The van der Waals surface area contributed by atoms with Crippen LogP contribution in [0.25, 0.3) is 0 Å². The summed E-state index contributed by atoms with van der Waals surface area (Å²) in [5, 5.41) is 12.0. The van der Waals surface area contributed by atoms with Crippen LogP contribution in [0.15, 0.2) is 42.6 Å². The number of hydrogen-bond acceptors (Lipinski definition) is 5. The fraction of sp³-hybridized carbons (Fsp3) is 0.353. The molecule has 0 amide bonds. The number of benzene rings is 1. The van der Waals surface area contributed by atoms with E-state index in [4.69, 9.17) is 14.6 Å². The molecule has 0 aliphatic rings. The molecule has 5 heteroatoms. The van der Waals surface area contributed by atoms with Gasteiger partial charge in [-0.1, -0.05) is 18.2 Å². The molecule has 118 valence electrons. The van der Waals surface area contributed by atoms with Gasteiger partial charge in [0, 0.05) is 18.2 Å². The molecule has 1 heterocycles. The lowest BCUT2D eigenvalue weighted by Crippen LogP contribution is -2.09. The molecule has 0 spiro atoms. The first-order chi connectivity index (χ1) is 10.7. The topological polar surface area (TPSA) is 63.6 Å². The molecule has 0 radical (unpaired) electrons. The van der Waals surface area contributed by atoms with Crippen LogP contribution in [0.2, 0.25) is 0 Å². The van der Waals surface area contributed by atoms with Gasteiger partial charge in [0.05, 0.1) is 24.6 Å². The fourth-order valence-electron chi connectivity index (χ4n) is 1.94. The second-order valence-corrected chi connectivity index (χ2v) is 5.09. The van der Waals surface area contributed by atoms with Crippen molar-refractivity contribution in [1.82, 2.24) is 4.98 Å². The summed E-state index contributed by atoms with van der Waals surface area (Å²) >= 11 is 0. The number of hydrogen-bond donors (Lipinski definition) is 2. The number of aliphatic hydroxyl groups is 1. The van der Waals surface area contributed by atoms with Gasteiger partial charge in [0.1, 0.15) is 12.4 Å². The molecule has 0 aliphatic carbocycles. The maximum absolute atomic E-state index is 8.70. The van der Waals surface area contributed by atoms with Crippen LogP contribution in [-0.4, -0.2) is 29.4 Å². The highest BCUT2D eigenvalue weighted by molar-refractivity contribution is 5.44. The summed E-state index contributed by atoms with van der Waals surface area (Å²) in [6, 6.07) is 11.6. The van der Waals surface area contributed by atoms with Crippen molar-refractivity contribution in [3.63, 3.8) is 0 Å². The van der Waals surface area contributed by atoms with Crippen molar-refractivity contribution in [3.05, 3.63) is 48.2 Å². The molecular formula is C17H22N2O3. The van der Waals surface area contributed by atoms with E-state index in [-0.39, 0.29) is 19.3 Å². The van der Waals surface area contributed by atoms with Crippen molar-refractivity contribution >= 4 is 5.69 Å². The number of nitrogens with zero attached hydrogens (tertiary/aromatic N) is 1. The average Bonchev–Trinajstić information content (AvgIpc) is 2.52. The minimum Gasteiger partial charge on any atom is -0.491 e. The summed E-state index contributed by atoms with van der Waals surface area (Å²) in [7, 11) is 0. The molecule has 0 saturated heterocycles. The number of nitrogens with one attached hydrogen (secondary N) is 1. The number of ether oxygens (including phenoxy) is 2. The Bertz CT molecular complexity index is 570. The number of aromatic nitrogens is 1. The van der Waals surface area contributed by atoms with Crippen LogP contribution < -0.4 is 14.8 Å². The third kappa shape index (κ3) is 4.93. The van der Waals surface area contributed by atoms with Crippen LogP contribution in [0.4, 0.5) is 5.69 Å². The molecule has 1 aromatic heterocycles. The average molecular weight is 302 g/mol. The van der Waals surface area contributed by atoms with E-state index in [9.17, 15) is 0 Å². The van der Waals surface area contributed by atoms with Gasteiger partial charge in [0.2, 0.25) is 5.88 Å². The molecule has 5 nitrogen and oxygen atoms in total. The minimum absolute atomic E-state index is 0.0195. The molecule has 0 unspecified atom stereocenters. The Morgan fingerprint density at radius 3 is 2.68 bits per heavy atom. The lowest BCUT2D eigenvalue weighted by molar-refractivity contribution is 0.196. The molecule has 0 bridgehead atoms. The summed E-state index contributed by atoms with van der Waals surface area (Å²) in [5.74, 6) is 1.39. The van der Waals surface area contributed by atoms with Gasteiger partial charge in [-0.2, -0.15) is 0 Å². The van der Waals surface area contributed by atoms with Gasteiger partial charge >= 0.3 is 0 Å². The number of aliphatic hydroxyl groups excluding tert-OH is 1. The molecule has 2 N–H and O–H groups in total. The maximum Gasteiger partial charge on any atom is 0.213 e. The van der Waals surface area contributed by atoms with Crippen molar-refractivity contribution in [2.45, 2.75) is 26.5 Å². The van der Waals surface area contributed by atoms with Crippen molar-refractivity contribution in [3.8, 4) is 11.6 Å². The molecule has 0 atom stereocenters. The first-order valence-corrected chi connectivity index (χ1v) is 7.37. The van der Waals surface area contributed by atoms with Gasteiger partial charge in [-0.25, -0.2) is 4.98 Å². The number of pyridine rings is 1. The van der Waals surface area contributed by atoms with Crippen molar-refractivity contribution in [2.24, 2.45) is 0 Å². The molecule has 2 rings (SSSR count). The predicted molar refractivity (Wildman–Crippen MR) is 86.4 cm³/mol. The van der Waals surface area contributed by atoms with Crippen LogP contribution in [0, 0.1) is 0 Å². The first kappa shape index (κ1) is 16.1. The van der Waals surface area contributed by atoms with Crippen LogP contribution in [-0.2, 0) is 6.54 Å². The smallest absolute Gasteiger partial charge is 0.213 e. The molecule has 2 aromatic rings. The molecule has 22 heavy (non-hydrogen) atoms. The van der Waals surface area contributed by atoms with E-state index in [2.05, 4.69) is 10.3 Å². The Hall–Kier alpha value is -2.27. The zero-order valence-corrected chi connectivity index (χ0v) is 13.0. The highest BCUT2D eigenvalue weighted by Crippen LogP contribution is 2.21. The standard InChI is InChI=1S/C17H22N2O3/c1-13(2)22-16-6-4-3-5-14(16)11-18-15-7-8-17(19-12-15)21-10-9-20/h3-8,12-13,18,20H,9-11H2,1-2H3. The van der Waals surface area contributed by atoms with Crippen LogP contribution >= 0.6 is 0 Å². The van der Waals surface area contributed by atoms with E-state index in [0.717, 1.165) is 17.0 Å². The van der Waals surface area contributed by atoms with Gasteiger partial charge in [-0.3, -0.25) is 0 Å². The summed E-state index contributed by atoms with van der Waals surface area (Å²) in [5.41, 5.74) is 1.99. The fourth-order valence-corrected chi connectivity index (χ4v) is 1.94. The highest BCUT2D eigenvalue weighted by Gasteiger charge is 2.05. The van der Waals surface area contributed by atoms with E-state index in [1.807, 2.05) is 44.2 Å². The second kappa shape index (κ2) is 8.24. The zero-order chi connectivity index (χ0) is 15.8. The second-order valence-electron chi connectivity index (χ2n) is 5.09. The number of anilines is 1. The van der Waals surface area contributed by atoms with Crippen molar-refractivity contribution < 1.29 is 14.6 Å². The van der Waals surface area contributed by atoms with Crippen LogP contribution in [0.5, 0.6) is 11.6 Å². The van der Waals surface area contributed by atoms with Crippen molar-refractivity contribution in [1.29, 1.82) is 0 Å². The predicted octanol–water partition coefficient (Wildman–Crippen LogP) is 2.85. The van der Waals surface area contributed by atoms with E-state index in [0.29, 0.717) is 12.4 Å². The lowest BCUT2D eigenvalue weighted by atomic mass is 10.2. The Kier molecular flexibility index (Phi) is 6.03. The summed E-state index contributed by atoms with van der Waals surface area (Å²) in [6.07, 6.45) is 1.85. The van der Waals surface area contributed by atoms with E-state index < -0.39 is 0 Å². The highest BCUT2D eigenvalue weighted by atomic mass is 16.5. The largest absolute Gasteiger partial charge is 0.491 e. The zero-order valence-electron chi connectivity index (χ0n) is 13.0. The lowest BCUT2D eigenvalue weighted by Gasteiger charge is -2.15. The quantitative estimate of drug-likeness (QED) is 0.785. The van der Waals surface area contributed by atoms with Gasteiger partial charge in [0.25, 0.3) is 0 Å². The van der Waals surface area contributed by atoms with Gasteiger partial charge < -0.3 is 19.9 Å². The molecule has 0 aliphatic heterocycles. The molecular weight excluding hydrogens is 280 g/mol. The third-order valence-electron chi connectivity index (χ3n) is 2.90. The summed E-state index contributed by atoms with van der Waals surface area (Å²) in [4.78, 5) is 4.17. The minimum atomic E-state index is -0.0195. The van der Waals surface area contributed by atoms with E-state index in [1.165, 1.54) is 0 Å². The van der Waals surface area contributed by atoms with Gasteiger partial charge in [0.15, 0.2) is 0 Å². The van der Waals surface area contributed by atoms with Crippen molar-refractivity contribution in [2.75, 3.05) is 18.5 Å². The summed E-state index contributed by atoms with van der Waals surface area (Å²) in [6.45, 7) is 4.91. The first-order valence-electron chi connectivity index (χ1n) is 7.37. The van der Waals surface area contributed by atoms with Gasteiger partial charge in [-0.15, -0.1) is 0 Å². The number of para-hydroxylation sites is 1. The molecule has 0 fully saturated rings. The Labute approximate surface area is 130 Å². The Morgan fingerprint density at radius 1 is 1.18 bits per heavy atom. The van der Waals surface area contributed by atoms with Crippen LogP contribution in [0.3, 0.4) is 0 Å². The monoisotopic (exact) mass is 302 g/mol. The third-order valence-corrected chi connectivity index (χ3v) is 2.90. The Morgan fingerprint density at radius 2 is 2.00 bits per heavy atom. The van der Waals surface area contributed by atoms with Gasteiger partial charge in [-0.05, 0) is 26.0 Å². The van der Waals surface area contributed by atoms with Crippen LogP contribution in [0.1, 0.15) is 19.4 Å². The molecule has 0 saturated carbocycles. The number of rotatable bonds is 8. The maximum atomic E-state index is 8.70. The normalized spacial score (nSPS) is 10.5.